The molecule has 0 aromatic heterocycles. The molecule has 0 saturated carbocycles. The third-order valence-corrected chi connectivity index (χ3v) is 7.53. The maximum absolute atomic E-state index is 13.9. The zero-order valence-electron chi connectivity index (χ0n) is 18.1. The first-order valence-electron chi connectivity index (χ1n) is 10.8. The summed E-state index contributed by atoms with van der Waals surface area (Å²) in [5.41, 5.74) is 4.29. The van der Waals surface area contributed by atoms with Crippen LogP contribution in [0.15, 0.2) is 102 Å². The lowest BCUT2D eigenvalue weighted by atomic mass is 10.0. The first-order valence-corrected chi connectivity index (χ1v) is 12.7. The molecule has 1 amide bonds. The topological polar surface area (TPSA) is 66.5 Å². The van der Waals surface area contributed by atoms with Crippen LogP contribution in [0.4, 0.5) is 17.1 Å². The van der Waals surface area contributed by atoms with Crippen LogP contribution in [0.3, 0.4) is 0 Å². The highest BCUT2D eigenvalue weighted by Crippen LogP contribution is 2.37. The molecule has 1 aliphatic rings. The van der Waals surface area contributed by atoms with Crippen molar-refractivity contribution in [1.29, 1.82) is 0 Å². The number of rotatable bonds is 4. The zero-order valence-corrected chi connectivity index (χ0v) is 19.7. The van der Waals surface area contributed by atoms with E-state index in [1.807, 2.05) is 48.5 Å². The summed E-state index contributed by atoms with van der Waals surface area (Å²) < 4.78 is 28.6. The molecule has 1 heterocycles. The number of nitrogens with one attached hydrogen (secondary N) is 1. The minimum absolute atomic E-state index is 0.0188. The van der Waals surface area contributed by atoms with Crippen molar-refractivity contribution in [2.45, 2.75) is 17.7 Å². The van der Waals surface area contributed by atoms with Gasteiger partial charge in [0.15, 0.2) is 0 Å². The highest BCUT2D eigenvalue weighted by Gasteiger charge is 2.27. The molecular weight excluding hydrogens is 468 g/mol. The van der Waals surface area contributed by atoms with Crippen LogP contribution in [0.25, 0.3) is 0 Å². The van der Waals surface area contributed by atoms with Crippen LogP contribution in [0.1, 0.15) is 21.5 Å². The van der Waals surface area contributed by atoms with Crippen LogP contribution >= 0.6 is 11.6 Å². The molecule has 5 nitrogen and oxygen atoms in total. The summed E-state index contributed by atoms with van der Waals surface area (Å²) in [6.45, 7) is 0. The monoisotopic (exact) mass is 488 g/mol. The van der Waals surface area contributed by atoms with Crippen molar-refractivity contribution in [2.75, 3.05) is 9.62 Å². The number of carbonyl (C=O) groups excluding carboxylic acids is 1. The van der Waals surface area contributed by atoms with Crippen molar-refractivity contribution < 1.29 is 13.2 Å². The Hall–Kier alpha value is -3.61. The van der Waals surface area contributed by atoms with Gasteiger partial charge in [0.25, 0.3) is 15.9 Å². The number of carbonyl (C=O) groups is 1. The van der Waals surface area contributed by atoms with Gasteiger partial charge in [-0.2, -0.15) is 0 Å². The minimum Gasteiger partial charge on any atom is -0.278 e. The van der Waals surface area contributed by atoms with Crippen molar-refractivity contribution in [3.05, 3.63) is 119 Å². The standard InChI is InChI=1S/C27H21ClN2O3S/c28-23-12-3-4-13-24(23)29-34(32,33)22-11-7-10-21(18-22)27(31)30-25-14-5-1-8-19(25)16-17-20-9-2-6-15-26(20)30/h1-15,18,29H,16-17H2. The lowest BCUT2D eigenvalue weighted by Crippen LogP contribution is -2.27. The summed E-state index contributed by atoms with van der Waals surface area (Å²) in [5, 5.41) is 0.288. The molecule has 0 aliphatic carbocycles. The van der Waals surface area contributed by atoms with Gasteiger partial charge in [0.05, 0.1) is 27.0 Å². The normalized spacial score (nSPS) is 12.9. The number of amides is 1. The number of benzene rings is 4. The third kappa shape index (κ3) is 4.18. The Bertz CT molecular complexity index is 1450. The van der Waals surface area contributed by atoms with Gasteiger partial charge in [0.1, 0.15) is 0 Å². The molecule has 0 fully saturated rings. The summed E-state index contributed by atoms with van der Waals surface area (Å²) in [7, 11) is -3.96. The van der Waals surface area contributed by atoms with E-state index in [9.17, 15) is 13.2 Å². The van der Waals surface area contributed by atoms with Crippen LogP contribution < -0.4 is 9.62 Å². The number of para-hydroxylation sites is 3. The molecule has 4 aromatic rings. The Kier molecular flexibility index (Phi) is 5.86. The molecule has 34 heavy (non-hydrogen) atoms. The number of nitrogens with zero attached hydrogens (tertiary/aromatic N) is 1. The third-order valence-electron chi connectivity index (χ3n) is 5.84. The van der Waals surface area contributed by atoms with Crippen LogP contribution in [-0.4, -0.2) is 14.3 Å². The Morgan fingerprint density at radius 2 is 1.35 bits per heavy atom. The van der Waals surface area contributed by atoms with E-state index < -0.39 is 10.0 Å². The van der Waals surface area contributed by atoms with Gasteiger partial charge in [-0.25, -0.2) is 8.42 Å². The number of fused-ring (bicyclic) bond motifs is 2. The van der Waals surface area contributed by atoms with Crippen LogP contribution in [0.5, 0.6) is 0 Å². The number of halogens is 1. The SMILES string of the molecule is O=C(c1cccc(S(=O)(=O)Nc2ccccc2Cl)c1)N1c2ccccc2CCc2ccccc21. The second-order valence-corrected chi connectivity index (χ2v) is 10.1. The van der Waals surface area contributed by atoms with E-state index in [1.54, 1.807) is 41.3 Å². The van der Waals surface area contributed by atoms with E-state index in [1.165, 1.54) is 12.1 Å². The molecule has 1 N–H and O–H groups in total. The van der Waals surface area contributed by atoms with E-state index >= 15 is 0 Å². The van der Waals surface area contributed by atoms with Crippen molar-refractivity contribution in [3.8, 4) is 0 Å². The summed E-state index contributed by atoms with van der Waals surface area (Å²) in [6, 6.07) is 28.3. The van der Waals surface area contributed by atoms with Gasteiger partial charge in [0, 0.05) is 5.56 Å². The Labute approximate surface area is 203 Å². The first kappa shape index (κ1) is 22.2. The van der Waals surface area contributed by atoms with Crippen LogP contribution in [0.2, 0.25) is 5.02 Å². The molecule has 0 atom stereocenters. The van der Waals surface area contributed by atoms with Gasteiger partial charge < -0.3 is 0 Å². The fraction of sp³-hybridized carbons (Fsp3) is 0.0741. The van der Waals surface area contributed by atoms with Crippen molar-refractivity contribution in [3.63, 3.8) is 0 Å². The Balaban J connectivity index is 1.56. The molecule has 1 aliphatic heterocycles. The van der Waals surface area contributed by atoms with Crippen molar-refractivity contribution in [1.82, 2.24) is 0 Å². The summed E-state index contributed by atoms with van der Waals surface area (Å²) >= 11 is 6.12. The fourth-order valence-corrected chi connectivity index (χ4v) is 5.54. The molecule has 5 rings (SSSR count). The van der Waals surface area contributed by atoms with Gasteiger partial charge in [-0.1, -0.05) is 66.2 Å². The van der Waals surface area contributed by atoms with E-state index in [4.69, 9.17) is 11.6 Å². The highest BCUT2D eigenvalue weighted by atomic mass is 35.5. The average molecular weight is 489 g/mol. The number of hydrogen-bond donors (Lipinski definition) is 1. The van der Waals surface area contributed by atoms with Gasteiger partial charge in [0.2, 0.25) is 0 Å². The number of anilines is 3. The maximum atomic E-state index is 13.9. The average Bonchev–Trinajstić information content (AvgIpc) is 3.02. The molecule has 0 saturated heterocycles. The predicted octanol–water partition coefficient (Wildman–Crippen LogP) is 6.22. The van der Waals surface area contributed by atoms with Gasteiger partial charge in [-0.05, 0) is 66.4 Å². The Morgan fingerprint density at radius 3 is 2.00 bits per heavy atom. The fourth-order valence-electron chi connectivity index (χ4n) is 4.17. The smallest absolute Gasteiger partial charge is 0.262 e. The molecule has 0 radical (unpaired) electrons. The Morgan fingerprint density at radius 1 is 0.765 bits per heavy atom. The van der Waals surface area contributed by atoms with E-state index in [0.29, 0.717) is 0 Å². The van der Waals surface area contributed by atoms with E-state index in [2.05, 4.69) is 4.72 Å². The molecule has 0 bridgehead atoms. The highest BCUT2D eigenvalue weighted by molar-refractivity contribution is 7.92. The number of sulfonamides is 1. The summed E-state index contributed by atoms with van der Waals surface area (Å²) in [6.07, 6.45) is 1.63. The van der Waals surface area contributed by atoms with E-state index in [-0.39, 0.29) is 27.1 Å². The lowest BCUT2D eigenvalue weighted by Gasteiger charge is -2.25. The van der Waals surface area contributed by atoms with Gasteiger partial charge >= 0.3 is 0 Å². The maximum Gasteiger partial charge on any atom is 0.262 e. The molecule has 0 unspecified atom stereocenters. The van der Waals surface area contributed by atoms with E-state index in [0.717, 1.165) is 35.3 Å². The number of aryl methyl sites for hydroxylation is 2. The van der Waals surface area contributed by atoms with Crippen molar-refractivity contribution >= 4 is 44.6 Å². The lowest BCUT2D eigenvalue weighted by molar-refractivity contribution is 0.0999. The first-order chi connectivity index (χ1) is 16.4. The quantitative estimate of drug-likeness (QED) is 0.371. The number of hydrogen-bond acceptors (Lipinski definition) is 3. The predicted molar refractivity (Wildman–Crippen MR) is 135 cm³/mol. The van der Waals surface area contributed by atoms with Crippen LogP contribution in [0, 0.1) is 0 Å². The molecule has 0 spiro atoms. The van der Waals surface area contributed by atoms with Crippen molar-refractivity contribution in [2.24, 2.45) is 0 Å². The second kappa shape index (κ2) is 8.97. The second-order valence-electron chi connectivity index (χ2n) is 8.01. The summed E-state index contributed by atoms with van der Waals surface area (Å²) in [5.74, 6) is -0.295. The van der Waals surface area contributed by atoms with Crippen LogP contribution in [-0.2, 0) is 22.9 Å². The molecule has 4 aromatic carbocycles. The molecule has 7 heteroatoms. The largest absolute Gasteiger partial charge is 0.278 e. The zero-order chi connectivity index (χ0) is 23.7. The molecule has 170 valence electrons. The van der Waals surface area contributed by atoms with Gasteiger partial charge in [-0.15, -0.1) is 0 Å². The minimum atomic E-state index is -3.96. The summed E-state index contributed by atoms with van der Waals surface area (Å²) in [4.78, 5) is 15.5. The van der Waals surface area contributed by atoms with Gasteiger partial charge in [-0.3, -0.25) is 14.4 Å². The molecular formula is C27H21ClN2O3S.